The van der Waals surface area contributed by atoms with E-state index in [2.05, 4.69) is 31.0 Å². The van der Waals surface area contributed by atoms with Crippen molar-refractivity contribution >= 4 is 0 Å². The molecule has 118 valence electrons. The van der Waals surface area contributed by atoms with E-state index in [0.29, 0.717) is 11.6 Å². The summed E-state index contributed by atoms with van der Waals surface area (Å²) in [7, 11) is 0. The zero-order valence-electron chi connectivity index (χ0n) is 13.7. The minimum absolute atomic E-state index is 0.159. The van der Waals surface area contributed by atoms with Crippen LogP contribution in [0.2, 0.25) is 0 Å². The van der Waals surface area contributed by atoms with Crippen LogP contribution in [0.4, 0.5) is 4.39 Å². The average molecular weight is 292 g/mol. The van der Waals surface area contributed by atoms with Crippen LogP contribution in [0.5, 0.6) is 0 Å². The molecule has 1 N–H and O–H groups in total. The maximum atomic E-state index is 13.1. The zero-order valence-corrected chi connectivity index (χ0v) is 13.7. The van der Waals surface area contributed by atoms with Crippen LogP contribution in [0.15, 0.2) is 24.3 Å². The highest BCUT2D eigenvalue weighted by Gasteiger charge is 2.31. The molecule has 1 aromatic carbocycles. The van der Waals surface area contributed by atoms with Crippen LogP contribution in [0.3, 0.4) is 0 Å². The van der Waals surface area contributed by atoms with Crippen LogP contribution >= 0.6 is 0 Å². The van der Waals surface area contributed by atoms with Gasteiger partial charge in [0, 0.05) is 18.1 Å². The second-order valence-electron chi connectivity index (χ2n) is 6.75. The quantitative estimate of drug-likeness (QED) is 0.813. The summed E-state index contributed by atoms with van der Waals surface area (Å²) in [6, 6.07) is 7.28. The van der Waals surface area contributed by atoms with Gasteiger partial charge in [-0.15, -0.1) is 0 Å². The summed E-state index contributed by atoms with van der Waals surface area (Å²) in [4.78, 5) is 2.59. The molecule has 1 aliphatic heterocycles. The molecule has 1 heterocycles. The highest BCUT2D eigenvalue weighted by molar-refractivity contribution is 5.20. The third-order valence-corrected chi connectivity index (χ3v) is 4.67. The molecule has 0 spiro atoms. The smallest absolute Gasteiger partial charge is 0.123 e. The van der Waals surface area contributed by atoms with Crippen LogP contribution in [-0.4, -0.2) is 30.1 Å². The Kier molecular flexibility index (Phi) is 5.77. The molecule has 0 aromatic heterocycles. The van der Waals surface area contributed by atoms with Gasteiger partial charge in [-0.3, -0.25) is 4.90 Å². The molecule has 21 heavy (non-hydrogen) atoms. The lowest BCUT2D eigenvalue weighted by molar-refractivity contribution is 0.166. The number of rotatable bonds is 7. The number of likely N-dealkylation sites (tertiary alicyclic amines) is 1. The molecule has 1 saturated heterocycles. The lowest BCUT2D eigenvalue weighted by Crippen LogP contribution is -2.40. The first kappa shape index (κ1) is 16.4. The van der Waals surface area contributed by atoms with Gasteiger partial charge in [0.25, 0.3) is 0 Å². The van der Waals surface area contributed by atoms with E-state index in [1.807, 2.05) is 12.1 Å². The van der Waals surface area contributed by atoms with Gasteiger partial charge in [0.05, 0.1) is 0 Å². The zero-order chi connectivity index (χ0) is 15.3. The number of benzene rings is 1. The maximum absolute atomic E-state index is 13.1. The highest BCUT2D eigenvalue weighted by Crippen LogP contribution is 2.29. The third kappa shape index (κ3) is 4.52. The summed E-state index contributed by atoms with van der Waals surface area (Å²) in [6.45, 7) is 10.2. The van der Waals surface area contributed by atoms with Crippen molar-refractivity contribution < 1.29 is 4.39 Å². The fourth-order valence-electron chi connectivity index (χ4n) is 3.26. The monoisotopic (exact) mass is 292 g/mol. The lowest BCUT2D eigenvalue weighted by atomic mass is 10.00. The van der Waals surface area contributed by atoms with E-state index in [1.54, 1.807) is 12.1 Å². The van der Waals surface area contributed by atoms with Crippen molar-refractivity contribution in [1.82, 2.24) is 10.2 Å². The minimum atomic E-state index is -0.159. The number of nitrogens with one attached hydrogen (secondary N) is 1. The molecule has 2 rings (SSSR count). The molecule has 0 aliphatic carbocycles. The van der Waals surface area contributed by atoms with E-state index in [1.165, 1.54) is 24.9 Å². The second kappa shape index (κ2) is 7.37. The molecule has 1 aliphatic rings. The Morgan fingerprint density at radius 3 is 2.57 bits per heavy atom. The standard InChI is InChI=1S/C18H29FN2/c1-4-12-20-17(15-6-8-16(19)9-7-15)10-14-21-13-5-11-18(21,2)3/h6-9,17,20H,4-5,10-14H2,1-3H3. The molecule has 1 unspecified atom stereocenters. The van der Waals surface area contributed by atoms with Gasteiger partial charge < -0.3 is 5.32 Å². The van der Waals surface area contributed by atoms with Crippen LogP contribution < -0.4 is 5.32 Å². The van der Waals surface area contributed by atoms with Crippen LogP contribution in [0, 0.1) is 5.82 Å². The molecular weight excluding hydrogens is 263 g/mol. The van der Waals surface area contributed by atoms with Crippen molar-refractivity contribution in [3.63, 3.8) is 0 Å². The summed E-state index contributed by atoms with van der Waals surface area (Å²) in [5.74, 6) is -0.159. The van der Waals surface area contributed by atoms with E-state index in [0.717, 1.165) is 25.9 Å². The van der Waals surface area contributed by atoms with Gasteiger partial charge in [-0.1, -0.05) is 19.1 Å². The Morgan fingerprint density at radius 1 is 1.29 bits per heavy atom. The molecular formula is C18H29FN2. The van der Waals surface area contributed by atoms with Gasteiger partial charge in [0.2, 0.25) is 0 Å². The molecule has 0 bridgehead atoms. The van der Waals surface area contributed by atoms with E-state index in [4.69, 9.17) is 0 Å². The van der Waals surface area contributed by atoms with E-state index < -0.39 is 0 Å². The Hall–Kier alpha value is -0.930. The Morgan fingerprint density at radius 2 is 2.00 bits per heavy atom. The van der Waals surface area contributed by atoms with Gasteiger partial charge >= 0.3 is 0 Å². The lowest BCUT2D eigenvalue weighted by Gasteiger charge is -2.33. The van der Waals surface area contributed by atoms with Crippen molar-refractivity contribution in [3.8, 4) is 0 Å². The summed E-state index contributed by atoms with van der Waals surface area (Å²) in [5, 5.41) is 3.61. The fourth-order valence-corrected chi connectivity index (χ4v) is 3.26. The molecule has 0 radical (unpaired) electrons. The van der Waals surface area contributed by atoms with Crippen molar-refractivity contribution in [2.75, 3.05) is 19.6 Å². The molecule has 0 saturated carbocycles. The normalized spacial score (nSPS) is 19.8. The van der Waals surface area contributed by atoms with Gasteiger partial charge in [0.1, 0.15) is 5.82 Å². The van der Waals surface area contributed by atoms with Crippen LogP contribution in [0.1, 0.15) is 58.1 Å². The number of nitrogens with zero attached hydrogens (tertiary/aromatic N) is 1. The van der Waals surface area contributed by atoms with Crippen molar-refractivity contribution in [3.05, 3.63) is 35.6 Å². The number of halogens is 1. The van der Waals surface area contributed by atoms with E-state index in [-0.39, 0.29) is 5.82 Å². The van der Waals surface area contributed by atoms with Crippen LogP contribution in [-0.2, 0) is 0 Å². The highest BCUT2D eigenvalue weighted by atomic mass is 19.1. The van der Waals surface area contributed by atoms with Gasteiger partial charge in [-0.2, -0.15) is 0 Å². The number of hydrogen-bond donors (Lipinski definition) is 1. The van der Waals surface area contributed by atoms with Gasteiger partial charge in [0.15, 0.2) is 0 Å². The molecule has 1 aromatic rings. The Labute approximate surface area is 128 Å². The topological polar surface area (TPSA) is 15.3 Å². The Balaban J connectivity index is 1.97. The van der Waals surface area contributed by atoms with Gasteiger partial charge in [-0.25, -0.2) is 4.39 Å². The first-order chi connectivity index (χ1) is 10.0. The SMILES string of the molecule is CCCNC(CCN1CCCC1(C)C)c1ccc(F)cc1. The predicted molar refractivity (Wildman–Crippen MR) is 86.9 cm³/mol. The van der Waals surface area contributed by atoms with E-state index >= 15 is 0 Å². The first-order valence-corrected chi connectivity index (χ1v) is 8.27. The second-order valence-corrected chi connectivity index (χ2v) is 6.75. The summed E-state index contributed by atoms with van der Waals surface area (Å²) in [5.41, 5.74) is 1.53. The van der Waals surface area contributed by atoms with E-state index in [9.17, 15) is 4.39 Å². The van der Waals surface area contributed by atoms with Crippen LogP contribution in [0.25, 0.3) is 0 Å². The predicted octanol–water partition coefficient (Wildman–Crippen LogP) is 4.13. The first-order valence-electron chi connectivity index (χ1n) is 8.27. The minimum Gasteiger partial charge on any atom is -0.310 e. The maximum Gasteiger partial charge on any atom is 0.123 e. The average Bonchev–Trinajstić information content (AvgIpc) is 2.79. The molecule has 3 heteroatoms. The molecule has 1 fully saturated rings. The Bertz CT molecular complexity index is 427. The van der Waals surface area contributed by atoms with Crippen molar-refractivity contribution in [1.29, 1.82) is 0 Å². The summed E-state index contributed by atoms with van der Waals surface area (Å²) in [6.07, 6.45) is 4.79. The summed E-state index contributed by atoms with van der Waals surface area (Å²) < 4.78 is 13.1. The fraction of sp³-hybridized carbons (Fsp3) is 0.667. The third-order valence-electron chi connectivity index (χ3n) is 4.67. The van der Waals surface area contributed by atoms with Crippen molar-refractivity contribution in [2.24, 2.45) is 0 Å². The molecule has 0 amide bonds. The largest absolute Gasteiger partial charge is 0.310 e. The summed E-state index contributed by atoms with van der Waals surface area (Å²) >= 11 is 0. The molecule has 2 nitrogen and oxygen atoms in total. The molecule has 1 atom stereocenters. The van der Waals surface area contributed by atoms with Crippen molar-refractivity contribution in [2.45, 2.75) is 58.0 Å². The van der Waals surface area contributed by atoms with Gasteiger partial charge in [-0.05, 0) is 70.3 Å². The number of hydrogen-bond acceptors (Lipinski definition) is 2.